The maximum atomic E-state index is 11.3. The third kappa shape index (κ3) is 3.93. The Hall–Kier alpha value is -1.50. The molecule has 1 rings (SSSR count). The van der Waals surface area contributed by atoms with Crippen molar-refractivity contribution in [2.24, 2.45) is 0 Å². The number of halogens is 1. The molecule has 0 aliphatic rings. The number of hydroxylamine groups is 2. The predicted molar refractivity (Wildman–Crippen MR) is 62.5 cm³/mol. The second-order valence-corrected chi connectivity index (χ2v) is 3.29. The number of amides is 1. The molecule has 0 bridgehead atoms. The summed E-state index contributed by atoms with van der Waals surface area (Å²) in [6, 6.07) is 9.51. The largest absolute Gasteiger partial charge is 0.271 e. The highest BCUT2D eigenvalue weighted by Gasteiger charge is 2.11. The van der Waals surface area contributed by atoms with Crippen molar-refractivity contribution in [2.75, 3.05) is 12.4 Å². The van der Waals surface area contributed by atoms with Crippen LogP contribution in [0.5, 0.6) is 0 Å². The molecule has 0 unspecified atom stereocenters. The first-order valence-corrected chi connectivity index (χ1v) is 5.28. The molecule has 1 amide bonds. The van der Waals surface area contributed by atoms with E-state index >= 15 is 0 Å². The average Bonchev–Trinajstić information content (AvgIpc) is 2.34. The number of nitrogens with zero attached hydrogens (tertiary/aromatic N) is 1. The summed E-state index contributed by atoms with van der Waals surface area (Å²) in [7, 11) is 0. The lowest BCUT2D eigenvalue weighted by Crippen LogP contribution is -2.32. The maximum absolute atomic E-state index is 11.3. The summed E-state index contributed by atoms with van der Waals surface area (Å²) in [5.41, 5.74) is 0.965. The zero-order valence-electron chi connectivity index (χ0n) is 8.73. The number of benzene rings is 1. The third-order valence-corrected chi connectivity index (χ3v) is 2.09. The molecule has 0 saturated carbocycles. The van der Waals surface area contributed by atoms with Crippen molar-refractivity contribution in [2.45, 2.75) is 6.61 Å². The van der Waals surface area contributed by atoms with Gasteiger partial charge >= 0.3 is 0 Å². The number of rotatable bonds is 5. The minimum Gasteiger partial charge on any atom is -0.271 e. The van der Waals surface area contributed by atoms with Gasteiger partial charge in [0.1, 0.15) is 19.0 Å². The molecule has 4 heteroatoms. The first-order chi connectivity index (χ1) is 7.77. The first-order valence-electron chi connectivity index (χ1n) is 4.74. The lowest BCUT2D eigenvalue weighted by atomic mass is 10.2. The Kier molecular flexibility index (Phi) is 5.41. The summed E-state index contributed by atoms with van der Waals surface area (Å²) < 4.78 is 0. The van der Waals surface area contributed by atoms with Crippen LogP contribution in [-0.2, 0) is 16.2 Å². The molecular weight excluding hydrogens is 226 g/mol. The normalized spacial score (nSPS) is 9.50. The molecule has 0 fully saturated rings. The summed E-state index contributed by atoms with van der Waals surface area (Å²) in [6.45, 7) is 0.392. The van der Waals surface area contributed by atoms with E-state index in [2.05, 4.69) is 5.92 Å². The highest BCUT2D eigenvalue weighted by Crippen LogP contribution is 2.03. The Balaban J connectivity index is 2.51. The molecule has 0 radical (unpaired) electrons. The van der Waals surface area contributed by atoms with Crippen LogP contribution in [0.15, 0.2) is 30.3 Å². The summed E-state index contributed by atoms with van der Waals surface area (Å²) in [4.78, 5) is 16.6. The number of hydrogen-bond donors (Lipinski definition) is 0. The fourth-order valence-corrected chi connectivity index (χ4v) is 1.22. The van der Waals surface area contributed by atoms with Crippen molar-refractivity contribution in [3.05, 3.63) is 35.9 Å². The minimum atomic E-state index is -0.337. The van der Waals surface area contributed by atoms with Crippen LogP contribution in [0.25, 0.3) is 0 Å². The van der Waals surface area contributed by atoms with E-state index in [9.17, 15) is 4.79 Å². The lowest BCUT2D eigenvalue weighted by molar-refractivity contribution is -0.184. The second kappa shape index (κ2) is 6.89. The van der Waals surface area contributed by atoms with Crippen molar-refractivity contribution in [3.8, 4) is 12.3 Å². The SMILES string of the molecule is C#CCN(OCc1ccccc1)C(=O)CCl. The van der Waals surface area contributed by atoms with E-state index in [1.165, 1.54) is 0 Å². The Bertz CT molecular complexity index is 372. The van der Waals surface area contributed by atoms with Gasteiger partial charge in [-0.3, -0.25) is 9.63 Å². The van der Waals surface area contributed by atoms with Gasteiger partial charge in [-0.05, 0) is 5.56 Å². The number of alkyl halides is 1. The summed E-state index contributed by atoms with van der Waals surface area (Å²) >= 11 is 5.42. The molecule has 0 aliphatic heterocycles. The van der Waals surface area contributed by atoms with Crippen LogP contribution in [0.4, 0.5) is 0 Å². The predicted octanol–water partition coefficient (Wildman–Crippen LogP) is 1.82. The van der Waals surface area contributed by atoms with Crippen LogP contribution >= 0.6 is 11.6 Å². The highest BCUT2D eigenvalue weighted by atomic mass is 35.5. The van der Waals surface area contributed by atoms with Gasteiger partial charge < -0.3 is 0 Å². The molecule has 0 aliphatic carbocycles. The number of terminal acetylenes is 1. The molecule has 0 heterocycles. The van der Waals surface area contributed by atoms with Gasteiger partial charge in [-0.2, -0.15) is 0 Å². The maximum Gasteiger partial charge on any atom is 0.261 e. The molecule has 0 atom stereocenters. The van der Waals surface area contributed by atoms with Gasteiger partial charge in [0.2, 0.25) is 0 Å². The molecule has 16 heavy (non-hydrogen) atoms. The van der Waals surface area contributed by atoms with Crippen LogP contribution < -0.4 is 0 Å². The van der Waals surface area contributed by atoms with Gasteiger partial charge in [0.15, 0.2) is 0 Å². The van der Waals surface area contributed by atoms with Crippen LogP contribution in [-0.4, -0.2) is 23.4 Å². The Labute approximate surface area is 99.9 Å². The van der Waals surface area contributed by atoms with Crippen molar-refractivity contribution in [3.63, 3.8) is 0 Å². The molecule has 84 valence electrons. The molecule has 3 nitrogen and oxygen atoms in total. The third-order valence-electron chi connectivity index (χ3n) is 1.86. The minimum absolute atomic E-state index is 0.0956. The number of hydrogen-bond acceptors (Lipinski definition) is 2. The molecular formula is C12H12ClNO2. The Morgan fingerprint density at radius 2 is 2.12 bits per heavy atom. The molecule has 0 saturated heterocycles. The molecule has 0 aromatic heterocycles. The standard InChI is InChI=1S/C12H12ClNO2/c1-2-8-14(12(15)9-13)16-10-11-6-4-3-5-7-11/h1,3-7H,8-10H2. The highest BCUT2D eigenvalue weighted by molar-refractivity contribution is 6.27. The molecule has 1 aromatic carbocycles. The molecule has 0 N–H and O–H groups in total. The quantitative estimate of drug-likeness (QED) is 0.444. The van der Waals surface area contributed by atoms with Crippen LogP contribution in [0.3, 0.4) is 0 Å². The van der Waals surface area contributed by atoms with E-state index in [0.29, 0.717) is 6.61 Å². The van der Waals surface area contributed by atoms with Crippen molar-refractivity contribution in [1.29, 1.82) is 0 Å². The lowest BCUT2D eigenvalue weighted by Gasteiger charge is -2.18. The first kappa shape index (κ1) is 12.6. The molecule has 1 aromatic rings. The smallest absolute Gasteiger partial charge is 0.261 e. The Morgan fingerprint density at radius 3 is 2.69 bits per heavy atom. The van der Waals surface area contributed by atoms with Gasteiger partial charge in [-0.25, -0.2) is 5.06 Å². The number of carbonyl (C=O) groups is 1. The van der Waals surface area contributed by atoms with Gasteiger partial charge in [-0.1, -0.05) is 36.3 Å². The van der Waals surface area contributed by atoms with Gasteiger partial charge in [-0.15, -0.1) is 18.0 Å². The van der Waals surface area contributed by atoms with Crippen molar-refractivity contribution >= 4 is 17.5 Å². The van der Waals surface area contributed by atoms with E-state index in [1.54, 1.807) is 0 Å². The van der Waals surface area contributed by atoms with E-state index in [0.717, 1.165) is 10.6 Å². The Morgan fingerprint density at radius 1 is 1.44 bits per heavy atom. The second-order valence-electron chi connectivity index (χ2n) is 3.03. The fraction of sp³-hybridized carbons (Fsp3) is 0.250. The average molecular weight is 238 g/mol. The summed E-state index contributed by atoms with van der Waals surface area (Å²) in [5, 5.41) is 1.10. The van der Waals surface area contributed by atoms with Crippen LogP contribution in [0.1, 0.15) is 5.56 Å². The number of carbonyl (C=O) groups excluding carboxylic acids is 1. The monoisotopic (exact) mass is 237 g/mol. The summed E-state index contributed by atoms with van der Waals surface area (Å²) in [5.74, 6) is 1.86. The van der Waals surface area contributed by atoms with Crippen molar-refractivity contribution < 1.29 is 9.63 Å². The zero-order valence-corrected chi connectivity index (χ0v) is 9.48. The van der Waals surface area contributed by atoms with Crippen molar-refractivity contribution in [1.82, 2.24) is 5.06 Å². The zero-order chi connectivity index (χ0) is 11.8. The fourth-order valence-electron chi connectivity index (χ4n) is 1.08. The van der Waals surface area contributed by atoms with E-state index in [1.807, 2.05) is 30.3 Å². The van der Waals surface area contributed by atoms with Gasteiger partial charge in [0.25, 0.3) is 5.91 Å². The van der Waals surface area contributed by atoms with Gasteiger partial charge in [0, 0.05) is 0 Å². The topological polar surface area (TPSA) is 29.5 Å². The van der Waals surface area contributed by atoms with Gasteiger partial charge in [0.05, 0.1) is 0 Å². The van der Waals surface area contributed by atoms with Crippen LogP contribution in [0, 0.1) is 12.3 Å². The van der Waals surface area contributed by atoms with Crippen LogP contribution in [0.2, 0.25) is 0 Å². The van der Waals surface area contributed by atoms with E-state index in [4.69, 9.17) is 22.9 Å². The summed E-state index contributed by atoms with van der Waals surface area (Å²) in [6.07, 6.45) is 5.12. The van der Waals surface area contributed by atoms with E-state index in [-0.39, 0.29) is 18.3 Å². The molecule has 0 spiro atoms. The van der Waals surface area contributed by atoms with E-state index < -0.39 is 0 Å².